The maximum Gasteiger partial charge on any atom is 0.472 e. The number of carbonyl (C=O) groups is 4. The highest BCUT2D eigenvalue weighted by atomic mass is 31.2. The molecule has 0 amide bonds. The Bertz CT molecular complexity index is 2050. The quantitative estimate of drug-likeness (QED) is 0.0222. The average Bonchev–Trinajstić information content (AvgIpc) is 0.901. The summed E-state index contributed by atoms with van der Waals surface area (Å²) in [6, 6.07) is 0. The van der Waals surface area contributed by atoms with E-state index in [1.54, 1.807) is 0 Å². The second-order valence-corrected chi connectivity index (χ2v) is 35.0. The van der Waals surface area contributed by atoms with Crippen molar-refractivity contribution in [1.29, 1.82) is 0 Å². The summed E-state index contributed by atoms with van der Waals surface area (Å²) >= 11 is 0. The number of rotatable bonds is 87. The highest BCUT2D eigenvalue weighted by molar-refractivity contribution is 7.47. The molecule has 0 aromatic heterocycles. The minimum atomic E-state index is -4.97. The highest BCUT2D eigenvalue weighted by Gasteiger charge is 2.31. The van der Waals surface area contributed by atoms with Crippen LogP contribution in [0, 0.1) is 11.8 Å². The zero-order chi connectivity index (χ0) is 78.5. The van der Waals surface area contributed by atoms with Gasteiger partial charge in [-0.2, -0.15) is 0 Å². The maximum absolute atomic E-state index is 13.2. The van der Waals surface area contributed by atoms with Crippen LogP contribution >= 0.6 is 15.6 Å². The van der Waals surface area contributed by atoms with Gasteiger partial charge in [-0.25, -0.2) is 9.13 Å². The second-order valence-electron chi connectivity index (χ2n) is 32.1. The summed E-state index contributed by atoms with van der Waals surface area (Å²) in [5.74, 6) is -0.357. The van der Waals surface area contributed by atoms with Crippen molar-refractivity contribution < 1.29 is 80.2 Å². The van der Waals surface area contributed by atoms with E-state index < -0.39 is 97.5 Å². The molecule has 0 heterocycles. The lowest BCUT2D eigenvalue weighted by atomic mass is 9.99. The molecule has 0 rings (SSSR count). The standard InChI is InChI=1S/C88H172O17P2/c1-7-11-13-15-17-19-20-21-30-38-43-48-54-60-66-72-87(92)104-83(76-98-85(90)70-64-58-52-18-16-14-12-8-2)78-102-106(94,95)100-74-82(89)75-101-107(96,97)103-79-84(105-88(93)73-67-61-55-49-44-39-34-29-25-23-27-32-36-41-46-51-57-63-69-81(6)10-4)77-99-86(91)71-65-59-53-47-42-37-33-28-24-22-26-31-35-40-45-50-56-62-68-80(5)9-3/h80-84,89H,7-79H2,1-6H3,(H,94,95)(H,96,97)/t80?,81?,82-,83+,84+/m0/s1. The molecule has 636 valence electrons. The molecule has 7 atom stereocenters. The van der Waals surface area contributed by atoms with E-state index in [2.05, 4.69) is 41.5 Å². The van der Waals surface area contributed by atoms with E-state index in [9.17, 15) is 43.2 Å². The molecule has 0 saturated carbocycles. The molecule has 3 N–H and O–H groups in total. The number of hydrogen-bond donors (Lipinski definition) is 3. The third-order valence-electron chi connectivity index (χ3n) is 21.4. The zero-order valence-electron chi connectivity index (χ0n) is 70.5. The Kier molecular flexibility index (Phi) is 77.9. The van der Waals surface area contributed by atoms with Gasteiger partial charge >= 0.3 is 39.5 Å². The molecule has 0 aromatic carbocycles. The van der Waals surface area contributed by atoms with Crippen LogP contribution in [0.5, 0.6) is 0 Å². The molecule has 0 aliphatic rings. The van der Waals surface area contributed by atoms with Crippen LogP contribution in [-0.4, -0.2) is 96.7 Å². The molecule has 0 aliphatic carbocycles. The molecule has 17 nitrogen and oxygen atoms in total. The largest absolute Gasteiger partial charge is 0.472 e. The molecule has 4 unspecified atom stereocenters. The van der Waals surface area contributed by atoms with E-state index in [4.69, 9.17) is 37.0 Å². The number of phosphoric ester groups is 2. The minimum Gasteiger partial charge on any atom is -0.462 e. The van der Waals surface area contributed by atoms with E-state index in [1.165, 1.54) is 283 Å². The fraction of sp³-hybridized carbons (Fsp3) is 0.955. The molecular weight excluding hydrogens is 1390 g/mol. The Balaban J connectivity index is 5.17. The topological polar surface area (TPSA) is 237 Å². The molecule has 0 aliphatic heterocycles. The van der Waals surface area contributed by atoms with Gasteiger partial charge in [-0.3, -0.25) is 37.3 Å². The summed E-state index contributed by atoms with van der Waals surface area (Å²) in [7, 11) is -9.92. The van der Waals surface area contributed by atoms with Crippen molar-refractivity contribution in [2.24, 2.45) is 11.8 Å². The van der Waals surface area contributed by atoms with E-state index in [0.717, 1.165) is 108 Å². The lowest BCUT2D eigenvalue weighted by Gasteiger charge is -2.21. The van der Waals surface area contributed by atoms with Crippen LogP contribution in [0.4, 0.5) is 0 Å². The zero-order valence-corrected chi connectivity index (χ0v) is 72.2. The van der Waals surface area contributed by atoms with Gasteiger partial charge in [0.2, 0.25) is 0 Å². The van der Waals surface area contributed by atoms with Gasteiger partial charge in [-0.05, 0) is 37.5 Å². The first kappa shape index (κ1) is 105. The monoisotopic (exact) mass is 1560 g/mol. The predicted molar refractivity (Wildman–Crippen MR) is 442 cm³/mol. The smallest absolute Gasteiger partial charge is 0.462 e. The number of hydrogen-bond acceptors (Lipinski definition) is 15. The number of aliphatic hydroxyl groups excluding tert-OH is 1. The number of aliphatic hydroxyl groups is 1. The molecule has 0 bridgehead atoms. The predicted octanol–water partition coefficient (Wildman–Crippen LogP) is 27.0. The van der Waals surface area contributed by atoms with Crippen LogP contribution in [0.25, 0.3) is 0 Å². The van der Waals surface area contributed by atoms with Gasteiger partial charge in [-0.1, -0.05) is 420 Å². The summed E-state index contributed by atoms with van der Waals surface area (Å²) in [4.78, 5) is 73.2. The highest BCUT2D eigenvalue weighted by Crippen LogP contribution is 2.45. The normalized spacial score (nSPS) is 14.3. The van der Waals surface area contributed by atoms with Gasteiger partial charge in [0, 0.05) is 25.7 Å². The van der Waals surface area contributed by atoms with Gasteiger partial charge in [0.05, 0.1) is 26.4 Å². The second kappa shape index (κ2) is 79.3. The van der Waals surface area contributed by atoms with E-state index in [1.807, 2.05) is 0 Å². The van der Waals surface area contributed by atoms with Crippen molar-refractivity contribution >= 4 is 39.5 Å². The fourth-order valence-corrected chi connectivity index (χ4v) is 15.3. The van der Waals surface area contributed by atoms with Crippen LogP contribution in [0.3, 0.4) is 0 Å². The van der Waals surface area contributed by atoms with Crippen LogP contribution in [0.15, 0.2) is 0 Å². The lowest BCUT2D eigenvalue weighted by Crippen LogP contribution is -2.30. The van der Waals surface area contributed by atoms with Gasteiger partial charge in [0.1, 0.15) is 19.3 Å². The summed E-state index contributed by atoms with van der Waals surface area (Å²) in [6.45, 7) is 9.79. The lowest BCUT2D eigenvalue weighted by molar-refractivity contribution is -0.161. The van der Waals surface area contributed by atoms with Gasteiger partial charge in [0.25, 0.3) is 0 Å². The summed E-state index contributed by atoms with van der Waals surface area (Å²) in [5, 5.41) is 10.7. The summed E-state index contributed by atoms with van der Waals surface area (Å²) in [6.07, 6.45) is 72.3. The van der Waals surface area contributed by atoms with Crippen molar-refractivity contribution in [1.82, 2.24) is 0 Å². The third-order valence-corrected chi connectivity index (χ3v) is 23.3. The van der Waals surface area contributed by atoms with Crippen LogP contribution in [0.2, 0.25) is 0 Å². The summed E-state index contributed by atoms with van der Waals surface area (Å²) < 4.78 is 68.8. The van der Waals surface area contributed by atoms with Crippen molar-refractivity contribution in [2.75, 3.05) is 39.6 Å². The van der Waals surface area contributed by atoms with Gasteiger partial charge in [-0.15, -0.1) is 0 Å². The maximum atomic E-state index is 13.2. The molecule has 0 spiro atoms. The number of esters is 4. The van der Waals surface area contributed by atoms with Crippen LogP contribution in [0.1, 0.15) is 472 Å². The van der Waals surface area contributed by atoms with Crippen molar-refractivity contribution in [3.05, 3.63) is 0 Å². The Hall–Kier alpha value is -1.94. The van der Waals surface area contributed by atoms with Crippen molar-refractivity contribution in [3.8, 4) is 0 Å². The van der Waals surface area contributed by atoms with Gasteiger partial charge in [0.15, 0.2) is 12.2 Å². The fourth-order valence-electron chi connectivity index (χ4n) is 13.7. The third kappa shape index (κ3) is 79.1. The first-order valence-electron chi connectivity index (χ1n) is 45.6. The SMILES string of the molecule is CCCCCCCCCCCCCCCCCC(=O)O[C@H](COC(=O)CCCCCCCCCC)COP(=O)(O)OC[C@H](O)COP(=O)(O)OC[C@@H](COC(=O)CCCCCCCCCCCCCCCCCCCCC(C)CC)OC(=O)CCCCCCCCCCCCCCCCCCCCC(C)CC. The minimum absolute atomic E-state index is 0.108. The number of ether oxygens (including phenoxy) is 4. The first-order valence-corrected chi connectivity index (χ1v) is 48.6. The van der Waals surface area contributed by atoms with Crippen molar-refractivity contribution in [3.63, 3.8) is 0 Å². The Morgan fingerprint density at radius 2 is 0.449 bits per heavy atom. The Morgan fingerprint density at radius 3 is 0.664 bits per heavy atom. The van der Waals surface area contributed by atoms with Crippen LogP contribution in [-0.2, 0) is 65.4 Å². The summed E-state index contributed by atoms with van der Waals surface area (Å²) in [5.41, 5.74) is 0. The van der Waals surface area contributed by atoms with E-state index >= 15 is 0 Å². The number of unbranched alkanes of at least 4 members (excludes halogenated alkanes) is 55. The average molecular weight is 1560 g/mol. The molecule has 0 aromatic rings. The molecule has 0 fully saturated rings. The number of carbonyl (C=O) groups excluding carboxylic acids is 4. The molecule has 19 heteroatoms. The number of phosphoric acid groups is 2. The first-order chi connectivity index (χ1) is 51.9. The van der Waals surface area contributed by atoms with Crippen molar-refractivity contribution in [2.45, 2.75) is 490 Å². The Labute approximate surface area is 658 Å². The van der Waals surface area contributed by atoms with Crippen LogP contribution < -0.4 is 0 Å². The molecule has 0 radical (unpaired) electrons. The molecule has 0 saturated heterocycles. The Morgan fingerprint density at radius 1 is 0.262 bits per heavy atom. The molecule has 107 heavy (non-hydrogen) atoms. The molecular formula is C88H172O17P2. The van der Waals surface area contributed by atoms with E-state index in [-0.39, 0.29) is 25.7 Å². The van der Waals surface area contributed by atoms with Gasteiger partial charge < -0.3 is 33.8 Å². The van der Waals surface area contributed by atoms with E-state index in [0.29, 0.717) is 25.7 Å².